The molecule has 0 heterocycles. The second-order valence-electron chi connectivity index (χ2n) is 2.75. The van der Waals surface area contributed by atoms with Gasteiger partial charge in [0.2, 0.25) is 0 Å². The summed E-state index contributed by atoms with van der Waals surface area (Å²) in [6, 6.07) is 2.36. The minimum absolute atomic E-state index is 0.0743. The molecule has 0 unspecified atom stereocenters. The van der Waals surface area contributed by atoms with Crippen molar-refractivity contribution in [2.24, 2.45) is 0 Å². The Labute approximate surface area is 80.5 Å². The highest BCUT2D eigenvalue weighted by Crippen LogP contribution is 2.22. The first-order valence-corrected chi connectivity index (χ1v) is 3.93. The predicted octanol–water partition coefficient (Wildman–Crippen LogP) is 1.85. The quantitative estimate of drug-likeness (QED) is 0.547. The van der Waals surface area contributed by atoms with Crippen molar-refractivity contribution in [1.82, 2.24) is 0 Å². The zero-order chi connectivity index (χ0) is 10.7. The fraction of sp³-hybridized carbons (Fsp3) is 0.200. The maximum absolute atomic E-state index is 13.2. The Kier molecular flexibility index (Phi) is 2.96. The molecule has 1 aromatic carbocycles. The van der Waals surface area contributed by atoms with Crippen molar-refractivity contribution < 1.29 is 18.7 Å². The number of ether oxygens (including phenoxy) is 1. The minimum Gasteiger partial charge on any atom is -0.496 e. The third kappa shape index (κ3) is 1.79. The summed E-state index contributed by atoms with van der Waals surface area (Å²) in [5.41, 5.74) is 0.0162. The van der Waals surface area contributed by atoms with Gasteiger partial charge in [-0.25, -0.2) is 4.39 Å². The molecular weight excluding hydrogens is 187 g/mol. The van der Waals surface area contributed by atoms with E-state index in [-0.39, 0.29) is 22.7 Å². The van der Waals surface area contributed by atoms with Gasteiger partial charge in [0, 0.05) is 5.56 Å². The molecule has 0 saturated carbocycles. The van der Waals surface area contributed by atoms with E-state index in [1.807, 2.05) is 0 Å². The van der Waals surface area contributed by atoms with Crippen LogP contribution in [0.25, 0.3) is 0 Å². The summed E-state index contributed by atoms with van der Waals surface area (Å²) < 4.78 is 18.0. The minimum atomic E-state index is -0.746. The van der Waals surface area contributed by atoms with Crippen LogP contribution in [0.2, 0.25) is 0 Å². The molecular formula is C10H9FO3. The van der Waals surface area contributed by atoms with E-state index in [1.54, 1.807) is 0 Å². The highest BCUT2D eigenvalue weighted by atomic mass is 19.1. The van der Waals surface area contributed by atoms with Crippen LogP contribution in [0.1, 0.15) is 27.6 Å². The van der Waals surface area contributed by atoms with Crippen LogP contribution in [0.3, 0.4) is 0 Å². The Morgan fingerprint density at radius 3 is 2.57 bits per heavy atom. The molecule has 0 aliphatic heterocycles. The van der Waals surface area contributed by atoms with Crippen molar-refractivity contribution in [1.29, 1.82) is 0 Å². The molecule has 0 aliphatic rings. The fourth-order valence-electron chi connectivity index (χ4n) is 1.08. The van der Waals surface area contributed by atoms with Crippen LogP contribution in [0, 0.1) is 5.82 Å². The van der Waals surface area contributed by atoms with Gasteiger partial charge in [-0.05, 0) is 19.1 Å². The zero-order valence-corrected chi connectivity index (χ0v) is 7.83. The molecule has 4 heteroatoms. The Hall–Kier alpha value is -1.71. The Balaban J connectivity index is 3.38. The van der Waals surface area contributed by atoms with Gasteiger partial charge in [-0.3, -0.25) is 9.59 Å². The van der Waals surface area contributed by atoms with E-state index in [0.717, 1.165) is 6.07 Å². The largest absolute Gasteiger partial charge is 0.496 e. The van der Waals surface area contributed by atoms with Crippen LogP contribution in [-0.4, -0.2) is 19.2 Å². The molecule has 1 rings (SSSR count). The van der Waals surface area contributed by atoms with Gasteiger partial charge >= 0.3 is 0 Å². The van der Waals surface area contributed by atoms with E-state index < -0.39 is 5.82 Å². The van der Waals surface area contributed by atoms with Gasteiger partial charge in [-0.2, -0.15) is 0 Å². The summed E-state index contributed by atoms with van der Waals surface area (Å²) in [5.74, 6) is -0.950. The summed E-state index contributed by atoms with van der Waals surface area (Å²) in [6.07, 6.45) is 0.359. The number of ketones is 1. The molecule has 0 radical (unpaired) electrons. The molecule has 0 saturated heterocycles. The first-order valence-electron chi connectivity index (χ1n) is 3.93. The SMILES string of the molecule is COc1cc(C(C)=O)cc(F)c1C=O. The smallest absolute Gasteiger partial charge is 0.160 e. The number of aldehydes is 1. The molecule has 14 heavy (non-hydrogen) atoms. The lowest BCUT2D eigenvalue weighted by Crippen LogP contribution is -2.00. The molecule has 0 bridgehead atoms. The molecule has 0 aromatic heterocycles. The highest BCUT2D eigenvalue weighted by Gasteiger charge is 2.12. The van der Waals surface area contributed by atoms with Crippen molar-refractivity contribution in [2.45, 2.75) is 6.92 Å². The van der Waals surface area contributed by atoms with E-state index in [4.69, 9.17) is 4.74 Å². The molecule has 0 fully saturated rings. The van der Waals surface area contributed by atoms with Gasteiger partial charge < -0.3 is 4.74 Å². The molecule has 0 amide bonds. The normalized spacial score (nSPS) is 9.64. The van der Waals surface area contributed by atoms with Crippen LogP contribution < -0.4 is 4.74 Å². The van der Waals surface area contributed by atoms with E-state index in [2.05, 4.69) is 0 Å². The second kappa shape index (κ2) is 4.00. The molecule has 1 aromatic rings. The zero-order valence-electron chi connectivity index (χ0n) is 7.83. The third-order valence-corrected chi connectivity index (χ3v) is 1.84. The number of hydrogen-bond acceptors (Lipinski definition) is 3. The number of carbonyl (C=O) groups is 2. The fourth-order valence-corrected chi connectivity index (χ4v) is 1.08. The lowest BCUT2D eigenvalue weighted by molar-refractivity contribution is 0.101. The molecule has 0 aliphatic carbocycles. The summed E-state index contributed by atoms with van der Waals surface area (Å²) in [5, 5.41) is 0. The monoisotopic (exact) mass is 196 g/mol. The maximum Gasteiger partial charge on any atom is 0.160 e. The van der Waals surface area contributed by atoms with Crippen molar-refractivity contribution in [3.8, 4) is 5.75 Å². The molecule has 3 nitrogen and oxygen atoms in total. The number of hydrogen-bond donors (Lipinski definition) is 0. The van der Waals surface area contributed by atoms with Gasteiger partial charge in [0.05, 0.1) is 12.7 Å². The van der Waals surface area contributed by atoms with Gasteiger partial charge in [-0.1, -0.05) is 0 Å². The van der Waals surface area contributed by atoms with Gasteiger partial charge in [0.15, 0.2) is 12.1 Å². The van der Waals surface area contributed by atoms with Crippen LogP contribution >= 0.6 is 0 Å². The van der Waals surface area contributed by atoms with Crippen molar-refractivity contribution in [3.63, 3.8) is 0 Å². The maximum atomic E-state index is 13.2. The van der Waals surface area contributed by atoms with Crippen LogP contribution in [-0.2, 0) is 0 Å². The average molecular weight is 196 g/mol. The molecule has 0 spiro atoms. The molecule has 0 N–H and O–H groups in total. The topological polar surface area (TPSA) is 43.4 Å². The third-order valence-electron chi connectivity index (χ3n) is 1.84. The molecule has 0 atom stereocenters. The predicted molar refractivity (Wildman–Crippen MR) is 48.3 cm³/mol. The van der Waals surface area contributed by atoms with Gasteiger partial charge in [0.1, 0.15) is 11.6 Å². The summed E-state index contributed by atoms with van der Waals surface area (Å²) >= 11 is 0. The van der Waals surface area contributed by atoms with E-state index >= 15 is 0 Å². The Morgan fingerprint density at radius 1 is 1.50 bits per heavy atom. The van der Waals surface area contributed by atoms with E-state index in [0.29, 0.717) is 6.29 Å². The number of carbonyl (C=O) groups excluding carboxylic acids is 2. The van der Waals surface area contributed by atoms with Crippen LogP contribution in [0.15, 0.2) is 12.1 Å². The highest BCUT2D eigenvalue weighted by molar-refractivity contribution is 5.95. The van der Waals surface area contributed by atoms with Gasteiger partial charge in [0.25, 0.3) is 0 Å². The summed E-state index contributed by atoms with van der Waals surface area (Å²) in [7, 11) is 1.31. The Bertz CT molecular complexity index is 385. The number of halogens is 1. The lowest BCUT2D eigenvalue weighted by Gasteiger charge is -2.06. The van der Waals surface area contributed by atoms with E-state index in [1.165, 1.54) is 20.1 Å². The van der Waals surface area contributed by atoms with E-state index in [9.17, 15) is 14.0 Å². The van der Waals surface area contributed by atoms with Crippen molar-refractivity contribution in [2.75, 3.05) is 7.11 Å². The summed E-state index contributed by atoms with van der Waals surface area (Å²) in [6.45, 7) is 1.31. The number of methoxy groups -OCH3 is 1. The van der Waals surface area contributed by atoms with Crippen molar-refractivity contribution >= 4 is 12.1 Å². The standard InChI is InChI=1S/C10H9FO3/c1-6(13)7-3-9(11)8(5-12)10(4-7)14-2/h3-5H,1-2H3. The number of benzene rings is 1. The average Bonchev–Trinajstić information content (AvgIpc) is 2.16. The second-order valence-corrected chi connectivity index (χ2v) is 2.75. The first kappa shape index (κ1) is 10.4. The number of Topliss-reactive ketones (excluding diaryl/α,β-unsaturated/α-hetero) is 1. The van der Waals surface area contributed by atoms with Crippen LogP contribution in [0.5, 0.6) is 5.75 Å². The van der Waals surface area contributed by atoms with Gasteiger partial charge in [-0.15, -0.1) is 0 Å². The van der Waals surface area contributed by atoms with Crippen molar-refractivity contribution in [3.05, 3.63) is 29.1 Å². The lowest BCUT2D eigenvalue weighted by atomic mass is 10.1. The number of rotatable bonds is 3. The molecule has 74 valence electrons. The summed E-state index contributed by atoms with van der Waals surface area (Å²) in [4.78, 5) is 21.4. The van der Waals surface area contributed by atoms with Crippen LogP contribution in [0.4, 0.5) is 4.39 Å². The first-order chi connectivity index (χ1) is 6.60. The Morgan fingerprint density at radius 2 is 2.14 bits per heavy atom.